The summed E-state index contributed by atoms with van der Waals surface area (Å²) < 4.78 is 28.3. The van der Waals surface area contributed by atoms with Gasteiger partial charge in [-0.2, -0.15) is 0 Å². The highest BCUT2D eigenvalue weighted by atomic mass is 32.2. The third-order valence-electron chi connectivity index (χ3n) is 5.37. The molecule has 4 heteroatoms. The Bertz CT molecular complexity index is 606. The van der Waals surface area contributed by atoms with Crippen LogP contribution in [0.15, 0.2) is 29.2 Å². The third-order valence-corrected chi connectivity index (χ3v) is 6.85. The summed E-state index contributed by atoms with van der Waals surface area (Å²) in [6.45, 7) is 6.41. The Morgan fingerprint density at radius 3 is 2.33 bits per heavy atom. The van der Waals surface area contributed by atoms with E-state index in [2.05, 4.69) is 18.6 Å². The zero-order valence-corrected chi connectivity index (χ0v) is 13.9. The summed E-state index contributed by atoms with van der Waals surface area (Å²) in [7, 11) is -3.40. The minimum Gasteiger partial charge on any atom is -0.207 e. The maximum absolute atomic E-state index is 12.6. The lowest BCUT2D eigenvalue weighted by Gasteiger charge is -2.34. The molecule has 0 radical (unpaired) electrons. The molecule has 1 N–H and O–H groups in total. The molecule has 2 bridgehead atoms. The Morgan fingerprint density at radius 2 is 1.71 bits per heavy atom. The van der Waals surface area contributed by atoms with E-state index in [1.807, 2.05) is 19.1 Å². The highest BCUT2D eigenvalue weighted by molar-refractivity contribution is 7.89. The van der Waals surface area contributed by atoms with Gasteiger partial charge in [0.05, 0.1) is 4.90 Å². The van der Waals surface area contributed by atoms with Crippen LogP contribution in [0.2, 0.25) is 0 Å². The van der Waals surface area contributed by atoms with Crippen molar-refractivity contribution in [1.82, 2.24) is 4.72 Å². The van der Waals surface area contributed by atoms with Gasteiger partial charge in [0.2, 0.25) is 10.0 Å². The molecule has 4 atom stereocenters. The third kappa shape index (κ3) is 2.76. The van der Waals surface area contributed by atoms with Crippen molar-refractivity contribution >= 4 is 10.0 Å². The zero-order chi connectivity index (χ0) is 15.2. The molecule has 21 heavy (non-hydrogen) atoms. The average molecular weight is 307 g/mol. The second kappa shape index (κ2) is 5.40. The van der Waals surface area contributed by atoms with Gasteiger partial charge in [0.25, 0.3) is 0 Å². The molecule has 116 valence electrons. The summed E-state index contributed by atoms with van der Waals surface area (Å²) >= 11 is 0. The van der Waals surface area contributed by atoms with E-state index in [9.17, 15) is 8.42 Å². The highest BCUT2D eigenvalue weighted by Gasteiger charge is 2.49. The molecule has 2 fully saturated rings. The van der Waals surface area contributed by atoms with Crippen LogP contribution in [0.5, 0.6) is 0 Å². The molecule has 2 saturated carbocycles. The first-order valence-corrected chi connectivity index (χ1v) is 9.46. The van der Waals surface area contributed by atoms with Gasteiger partial charge < -0.3 is 0 Å². The smallest absolute Gasteiger partial charge is 0.207 e. The molecule has 1 aromatic carbocycles. The Hall–Kier alpha value is -0.870. The predicted molar refractivity (Wildman–Crippen MR) is 84.4 cm³/mol. The molecular formula is C17H25NO2S. The van der Waals surface area contributed by atoms with Crippen molar-refractivity contribution < 1.29 is 8.42 Å². The van der Waals surface area contributed by atoms with Gasteiger partial charge in [-0.1, -0.05) is 31.5 Å². The van der Waals surface area contributed by atoms with E-state index in [1.165, 1.54) is 19.3 Å². The number of aryl methyl sites for hydroxylation is 1. The first kappa shape index (κ1) is 15.0. The van der Waals surface area contributed by atoms with Gasteiger partial charge in [0.15, 0.2) is 0 Å². The molecule has 0 amide bonds. The standard InChI is InChI=1S/C17H25NO2S/c1-11(2)16-13-6-7-14(10-13)17(16)18-21(19,20)15-8-4-12(3)5-9-15/h4-5,8-9,11,13-14,16-18H,6-7,10H2,1-3H3/t13-,14+,16+,17+/m0/s1. The fraction of sp³-hybridized carbons (Fsp3) is 0.647. The van der Waals surface area contributed by atoms with E-state index in [-0.39, 0.29) is 6.04 Å². The Labute approximate surface area is 128 Å². The van der Waals surface area contributed by atoms with Crippen molar-refractivity contribution in [2.75, 3.05) is 0 Å². The molecule has 2 aliphatic carbocycles. The molecule has 0 saturated heterocycles. The van der Waals surface area contributed by atoms with Gasteiger partial charge in [-0.05, 0) is 62.0 Å². The number of rotatable bonds is 4. The van der Waals surface area contributed by atoms with Crippen LogP contribution in [0.3, 0.4) is 0 Å². The topological polar surface area (TPSA) is 46.2 Å². The van der Waals surface area contributed by atoms with Crippen molar-refractivity contribution in [1.29, 1.82) is 0 Å². The van der Waals surface area contributed by atoms with Crippen molar-refractivity contribution in [3.05, 3.63) is 29.8 Å². The van der Waals surface area contributed by atoms with Gasteiger partial charge in [-0.15, -0.1) is 0 Å². The molecule has 0 aromatic heterocycles. The number of hydrogen-bond acceptors (Lipinski definition) is 2. The minimum absolute atomic E-state index is 0.120. The van der Waals surface area contributed by atoms with Crippen LogP contribution in [-0.2, 0) is 10.0 Å². The van der Waals surface area contributed by atoms with Gasteiger partial charge >= 0.3 is 0 Å². The molecule has 0 aliphatic heterocycles. The largest absolute Gasteiger partial charge is 0.240 e. The second-order valence-electron chi connectivity index (χ2n) is 7.11. The average Bonchev–Trinajstić information content (AvgIpc) is 2.99. The van der Waals surface area contributed by atoms with Crippen LogP contribution in [-0.4, -0.2) is 14.5 Å². The molecule has 1 aromatic rings. The predicted octanol–water partition coefficient (Wildman–Crippen LogP) is 3.34. The van der Waals surface area contributed by atoms with Gasteiger partial charge in [-0.25, -0.2) is 13.1 Å². The monoisotopic (exact) mass is 307 g/mol. The Balaban J connectivity index is 1.83. The van der Waals surface area contributed by atoms with Crippen molar-refractivity contribution in [2.45, 2.75) is 51.0 Å². The van der Waals surface area contributed by atoms with Gasteiger partial charge in [-0.3, -0.25) is 0 Å². The highest BCUT2D eigenvalue weighted by Crippen LogP contribution is 2.51. The van der Waals surface area contributed by atoms with Crippen molar-refractivity contribution in [3.8, 4) is 0 Å². The van der Waals surface area contributed by atoms with Crippen LogP contribution in [0, 0.1) is 30.6 Å². The Morgan fingerprint density at radius 1 is 1.10 bits per heavy atom. The van der Waals surface area contributed by atoms with Crippen molar-refractivity contribution in [2.24, 2.45) is 23.7 Å². The summed E-state index contributed by atoms with van der Waals surface area (Å²) in [5.74, 6) is 2.26. The lowest BCUT2D eigenvalue weighted by Crippen LogP contribution is -2.45. The summed E-state index contributed by atoms with van der Waals surface area (Å²) in [5.41, 5.74) is 1.08. The molecule has 0 spiro atoms. The lowest BCUT2D eigenvalue weighted by molar-refractivity contribution is 0.210. The quantitative estimate of drug-likeness (QED) is 0.927. The fourth-order valence-corrected chi connectivity index (χ4v) is 5.77. The SMILES string of the molecule is Cc1ccc(S(=O)(=O)N[C@@H]2[C@@H]3CC[C@@H](C3)[C@H]2C(C)C)cc1. The molecule has 3 rings (SSSR count). The van der Waals surface area contributed by atoms with E-state index in [0.717, 1.165) is 5.56 Å². The molecular weight excluding hydrogens is 282 g/mol. The van der Waals surface area contributed by atoms with Crippen LogP contribution in [0.25, 0.3) is 0 Å². The summed E-state index contributed by atoms with van der Waals surface area (Å²) in [6, 6.07) is 7.24. The summed E-state index contributed by atoms with van der Waals surface area (Å²) in [4.78, 5) is 0.387. The van der Waals surface area contributed by atoms with Crippen LogP contribution in [0.4, 0.5) is 0 Å². The summed E-state index contributed by atoms with van der Waals surface area (Å²) in [5, 5.41) is 0. The normalized spacial score (nSPS) is 32.0. The molecule has 3 nitrogen and oxygen atoms in total. The van der Waals surface area contributed by atoms with Crippen LogP contribution in [0.1, 0.15) is 38.7 Å². The Kier molecular flexibility index (Phi) is 3.87. The number of hydrogen-bond donors (Lipinski definition) is 1. The van der Waals surface area contributed by atoms with Crippen LogP contribution >= 0.6 is 0 Å². The second-order valence-corrected chi connectivity index (χ2v) is 8.83. The fourth-order valence-electron chi connectivity index (χ4n) is 4.43. The molecule has 0 unspecified atom stereocenters. The van der Waals surface area contributed by atoms with Crippen molar-refractivity contribution in [3.63, 3.8) is 0 Å². The van der Waals surface area contributed by atoms with E-state index < -0.39 is 10.0 Å². The summed E-state index contributed by atoms with van der Waals surface area (Å²) in [6.07, 6.45) is 3.65. The lowest BCUT2D eigenvalue weighted by atomic mass is 9.78. The first-order chi connectivity index (χ1) is 9.88. The first-order valence-electron chi connectivity index (χ1n) is 7.97. The van der Waals surface area contributed by atoms with Crippen LogP contribution < -0.4 is 4.72 Å². The minimum atomic E-state index is -3.40. The van der Waals surface area contributed by atoms with Gasteiger partial charge in [0, 0.05) is 6.04 Å². The maximum Gasteiger partial charge on any atom is 0.240 e. The number of fused-ring (bicyclic) bond motifs is 2. The van der Waals surface area contributed by atoms with E-state index in [4.69, 9.17) is 0 Å². The molecule has 2 aliphatic rings. The maximum atomic E-state index is 12.6. The zero-order valence-electron chi connectivity index (χ0n) is 13.0. The van der Waals surface area contributed by atoms with E-state index in [0.29, 0.717) is 28.6 Å². The number of nitrogens with one attached hydrogen (secondary N) is 1. The van der Waals surface area contributed by atoms with Gasteiger partial charge in [0.1, 0.15) is 0 Å². The molecule has 0 heterocycles. The van der Waals surface area contributed by atoms with E-state index in [1.54, 1.807) is 12.1 Å². The number of benzene rings is 1. The number of sulfonamides is 1. The van der Waals surface area contributed by atoms with E-state index >= 15 is 0 Å².